The van der Waals surface area contributed by atoms with E-state index in [4.69, 9.17) is 4.74 Å². The number of aromatic nitrogens is 1. The lowest BCUT2D eigenvalue weighted by atomic mass is 10.2. The molecule has 1 amide bonds. The van der Waals surface area contributed by atoms with Crippen molar-refractivity contribution in [2.24, 2.45) is 7.05 Å². The summed E-state index contributed by atoms with van der Waals surface area (Å²) in [5.74, 6) is -0.499. The molecular weight excluding hydrogens is 256 g/mol. The van der Waals surface area contributed by atoms with E-state index >= 15 is 0 Å². The van der Waals surface area contributed by atoms with Crippen LogP contribution in [0.1, 0.15) is 17.4 Å². The highest BCUT2D eigenvalue weighted by molar-refractivity contribution is 6.46. The molecular formula is C15H16N2O3. The van der Waals surface area contributed by atoms with Gasteiger partial charge in [0.05, 0.1) is 12.3 Å². The number of hydrogen-bond acceptors (Lipinski definition) is 3. The second-order valence-electron chi connectivity index (χ2n) is 4.24. The van der Waals surface area contributed by atoms with Gasteiger partial charge in [0.1, 0.15) is 5.75 Å². The van der Waals surface area contributed by atoms with Gasteiger partial charge in [-0.15, -0.1) is 0 Å². The van der Waals surface area contributed by atoms with E-state index in [9.17, 15) is 9.59 Å². The highest BCUT2D eigenvalue weighted by atomic mass is 16.5. The number of ether oxygens (including phenoxy) is 1. The van der Waals surface area contributed by atoms with Crippen molar-refractivity contribution >= 4 is 17.4 Å². The van der Waals surface area contributed by atoms with Gasteiger partial charge in [0.2, 0.25) is 0 Å². The summed E-state index contributed by atoms with van der Waals surface area (Å²) < 4.78 is 6.92. The first-order chi connectivity index (χ1) is 9.61. The quantitative estimate of drug-likeness (QED) is 0.670. The molecule has 0 aliphatic carbocycles. The van der Waals surface area contributed by atoms with Crippen molar-refractivity contribution in [1.29, 1.82) is 0 Å². The van der Waals surface area contributed by atoms with Gasteiger partial charge in [0, 0.05) is 18.9 Å². The lowest BCUT2D eigenvalue weighted by molar-refractivity contribution is -0.112. The Labute approximate surface area is 117 Å². The van der Waals surface area contributed by atoms with Crippen molar-refractivity contribution in [3.63, 3.8) is 0 Å². The average molecular weight is 272 g/mol. The largest absolute Gasteiger partial charge is 0.494 e. The van der Waals surface area contributed by atoms with Crippen molar-refractivity contribution in [3.8, 4) is 5.75 Å². The number of amides is 1. The fraction of sp³-hybridized carbons (Fsp3) is 0.200. The van der Waals surface area contributed by atoms with Gasteiger partial charge >= 0.3 is 0 Å². The maximum atomic E-state index is 11.9. The Kier molecular flexibility index (Phi) is 4.20. The molecule has 0 aliphatic heterocycles. The van der Waals surface area contributed by atoms with Gasteiger partial charge in [-0.1, -0.05) is 0 Å². The molecule has 5 nitrogen and oxygen atoms in total. The number of ketones is 1. The van der Waals surface area contributed by atoms with Crippen LogP contribution in [0.4, 0.5) is 5.69 Å². The van der Waals surface area contributed by atoms with E-state index in [0.717, 1.165) is 5.75 Å². The molecule has 5 heteroatoms. The van der Waals surface area contributed by atoms with E-state index in [2.05, 4.69) is 5.32 Å². The molecule has 1 aromatic heterocycles. The van der Waals surface area contributed by atoms with Crippen LogP contribution in [0.25, 0.3) is 0 Å². The number of aryl methyl sites for hydroxylation is 1. The predicted octanol–water partition coefficient (Wildman–Crippen LogP) is 2.25. The number of nitrogens with one attached hydrogen (secondary N) is 1. The molecule has 2 aromatic rings. The smallest absolute Gasteiger partial charge is 0.298 e. The lowest BCUT2D eigenvalue weighted by Crippen LogP contribution is -2.24. The molecule has 0 bridgehead atoms. The SMILES string of the molecule is CCOc1ccc(NC(=O)C(=O)c2cccn2C)cc1. The van der Waals surface area contributed by atoms with E-state index in [0.29, 0.717) is 18.0 Å². The molecule has 0 saturated heterocycles. The van der Waals surface area contributed by atoms with E-state index in [1.807, 2.05) is 6.92 Å². The third-order valence-corrected chi connectivity index (χ3v) is 2.81. The lowest BCUT2D eigenvalue weighted by Gasteiger charge is -2.07. The molecule has 0 fully saturated rings. The van der Waals surface area contributed by atoms with E-state index in [-0.39, 0.29) is 0 Å². The Morgan fingerprint density at radius 2 is 1.90 bits per heavy atom. The number of rotatable bonds is 5. The van der Waals surface area contributed by atoms with E-state index in [1.165, 1.54) is 0 Å². The highest BCUT2D eigenvalue weighted by Crippen LogP contribution is 2.16. The maximum Gasteiger partial charge on any atom is 0.298 e. The number of carbonyl (C=O) groups excluding carboxylic acids is 2. The summed E-state index contributed by atoms with van der Waals surface area (Å²) in [4.78, 5) is 23.8. The van der Waals surface area contributed by atoms with Gasteiger partial charge in [0.15, 0.2) is 0 Å². The third-order valence-electron chi connectivity index (χ3n) is 2.81. The minimum Gasteiger partial charge on any atom is -0.494 e. The van der Waals surface area contributed by atoms with Gasteiger partial charge in [-0.05, 0) is 43.3 Å². The summed E-state index contributed by atoms with van der Waals surface area (Å²) in [6, 6.07) is 10.2. The topological polar surface area (TPSA) is 60.3 Å². The first-order valence-corrected chi connectivity index (χ1v) is 6.31. The van der Waals surface area contributed by atoms with Crippen LogP contribution < -0.4 is 10.1 Å². The van der Waals surface area contributed by atoms with Crippen molar-refractivity contribution in [2.75, 3.05) is 11.9 Å². The van der Waals surface area contributed by atoms with Crippen LogP contribution >= 0.6 is 0 Å². The molecule has 0 atom stereocenters. The Morgan fingerprint density at radius 3 is 2.45 bits per heavy atom. The number of carbonyl (C=O) groups is 2. The minimum atomic E-state index is -0.657. The summed E-state index contributed by atoms with van der Waals surface area (Å²) in [5.41, 5.74) is 0.912. The van der Waals surface area contributed by atoms with Crippen LogP contribution in [0.5, 0.6) is 5.75 Å². The molecule has 104 valence electrons. The van der Waals surface area contributed by atoms with Crippen LogP contribution in [-0.4, -0.2) is 22.9 Å². The normalized spacial score (nSPS) is 10.1. The second kappa shape index (κ2) is 6.06. The van der Waals surface area contributed by atoms with Crippen molar-refractivity contribution in [3.05, 3.63) is 48.3 Å². The molecule has 0 spiro atoms. The second-order valence-corrected chi connectivity index (χ2v) is 4.24. The van der Waals surface area contributed by atoms with Crippen molar-refractivity contribution in [2.45, 2.75) is 6.92 Å². The number of nitrogens with zero attached hydrogens (tertiary/aromatic N) is 1. The maximum absolute atomic E-state index is 11.9. The summed E-state index contributed by atoms with van der Waals surface area (Å²) in [5, 5.41) is 2.57. The van der Waals surface area contributed by atoms with Gasteiger partial charge in [0.25, 0.3) is 11.7 Å². The summed E-state index contributed by atoms with van der Waals surface area (Å²) in [6.45, 7) is 2.48. The summed E-state index contributed by atoms with van der Waals surface area (Å²) in [6.07, 6.45) is 1.72. The summed E-state index contributed by atoms with van der Waals surface area (Å²) in [7, 11) is 1.72. The molecule has 2 rings (SSSR count). The standard InChI is InChI=1S/C15H16N2O3/c1-3-20-12-8-6-11(7-9-12)16-15(19)14(18)13-5-4-10-17(13)2/h4-10H,3H2,1-2H3,(H,16,19). The van der Waals surface area contributed by atoms with Crippen LogP contribution in [-0.2, 0) is 11.8 Å². The van der Waals surface area contributed by atoms with E-state index in [1.54, 1.807) is 54.2 Å². The number of anilines is 1. The zero-order valence-electron chi connectivity index (χ0n) is 11.4. The molecule has 0 unspecified atom stereocenters. The van der Waals surface area contributed by atoms with E-state index < -0.39 is 11.7 Å². The molecule has 1 N–H and O–H groups in total. The van der Waals surface area contributed by atoms with Crippen molar-refractivity contribution < 1.29 is 14.3 Å². The van der Waals surface area contributed by atoms with Crippen LogP contribution in [0.3, 0.4) is 0 Å². The number of Topliss-reactive ketones (excluding diaryl/α,β-unsaturated/α-hetero) is 1. The Hall–Kier alpha value is -2.56. The van der Waals surface area contributed by atoms with Gasteiger partial charge in [-0.25, -0.2) is 0 Å². The predicted molar refractivity (Wildman–Crippen MR) is 76.0 cm³/mol. The Bertz CT molecular complexity index is 614. The first-order valence-electron chi connectivity index (χ1n) is 6.31. The van der Waals surface area contributed by atoms with Crippen molar-refractivity contribution in [1.82, 2.24) is 4.57 Å². The minimum absolute atomic E-state index is 0.355. The van der Waals surface area contributed by atoms with Gasteiger partial charge < -0.3 is 14.6 Å². The first kappa shape index (κ1) is 13.9. The molecule has 1 aromatic carbocycles. The summed E-state index contributed by atoms with van der Waals surface area (Å²) >= 11 is 0. The molecule has 20 heavy (non-hydrogen) atoms. The Balaban J connectivity index is 2.04. The zero-order valence-corrected chi connectivity index (χ0v) is 11.4. The Morgan fingerprint density at radius 1 is 1.20 bits per heavy atom. The van der Waals surface area contributed by atoms with Crippen LogP contribution in [0.15, 0.2) is 42.6 Å². The molecule has 1 heterocycles. The van der Waals surface area contributed by atoms with Crippen LogP contribution in [0, 0.1) is 0 Å². The third kappa shape index (κ3) is 3.06. The van der Waals surface area contributed by atoms with Gasteiger partial charge in [-0.2, -0.15) is 0 Å². The number of hydrogen-bond donors (Lipinski definition) is 1. The highest BCUT2D eigenvalue weighted by Gasteiger charge is 2.18. The molecule has 0 saturated carbocycles. The van der Waals surface area contributed by atoms with Gasteiger partial charge in [-0.3, -0.25) is 9.59 Å². The number of benzene rings is 1. The van der Waals surface area contributed by atoms with Crippen LogP contribution in [0.2, 0.25) is 0 Å². The molecule has 0 radical (unpaired) electrons. The fourth-order valence-electron chi connectivity index (χ4n) is 1.80. The zero-order chi connectivity index (χ0) is 14.5. The fourth-order valence-corrected chi connectivity index (χ4v) is 1.80. The average Bonchev–Trinajstić information content (AvgIpc) is 2.86. The molecule has 0 aliphatic rings. The monoisotopic (exact) mass is 272 g/mol.